The topological polar surface area (TPSA) is 686 Å². The van der Waals surface area contributed by atoms with Crippen LogP contribution in [0.1, 0.15) is 227 Å². The number of carbonyl (C=O) groups is 6. The Balaban J connectivity index is 1.28. The lowest BCUT2D eigenvalue weighted by Gasteiger charge is -2.53. The van der Waals surface area contributed by atoms with Gasteiger partial charge in [-0.05, 0) is 19.3 Å². The van der Waals surface area contributed by atoms with E-state index >= 15 is 0 Å². The number of aliphatic carboxylic acids is 2. The smallest absolute Gasteiger partial charge is 0.364 e. The first kappa shape index (κ1) is 111. The Morgan fingerprint density at radius 3 is 1.20 bits per heavy atom. The van der Waals surface area contributed by atoms with Crippen LogP contribution in [0, 0.1) is 0 Å². The molecule has 0 radical (unpaired) electrons. The fourth-order valence-electron chi connectivity index (χ4n) is 16.9. The predicted molar refractivity (Wildman–Crippen MR) is 440 cm³/mol. The van der Waals surface area contributed by atoms with Gasteiger partial charge >= 0.3 is 11.9 Å². The normalized spacial score (nSPS) is 35.1. The highest BCUT2D eigenvalue weighted by Gasteiger charge is 2.64. The average molecular weight is 1840 g/mol. The van der Waals surface area contributed by atoms with Crippen LogP contribution in [0.5, 0.6) is 0 Å². The number of carboxylic acid groups (broad SMARTS) is 2. The summed E-state index contributed by atoms with van der Waals surface area (Å²) < 4.78 is 72.3. The highest BCUT2D eigenvalue weighted by Crippen LogP contribution is 2.43. The van der Waals surface area contributed by atoms with E-state index in [0.717, 1.165) is 85.0 Å². The summed E-state index contributed by atoms with van der Waals surface area (Å²) in [7, 11) is 0. The largest absolute Gasteiger partial charge is 0.477 e. The molecule has 0 aromatic carbocycles. The zero-order chi connectivity index (χ0) is 93.8. The van der Waals surface area contributed by atoms with Crippen LogP contribution in [0.2, 0.25) is 0 Å². The van der Waals surface area contributed by atoms with Crippen molar-refractivity contribution in [2.75, 3.05) is 46.2 Å². The zero-order valence-corrected chi connectivity index (χ0v) is 73.5. The van der Waals surface area contributed by atoms with Crippen molar-refractivity contribution in [1.82, 2.24) is 21.3 Å². The molecule has 0 aromatic rings. The summed E-state index contributed by atoms with van der Waals surface area (Å²) in [6, 6.07) is -6.86. The molecule has 43 heteroatoms. The average Bonchev–Trinajstić information content (AvgIpc) is 0.764. The third-order valence-electron chi connectivity index (χ3n) is 24.1. The number of unbranched alkanes of at least 4 members (excludes halogenated alkanes) is 25. The Bertz CT molecular complexity index is 3200. The number of carboxylic acids is 2. The van der Waals surface area contributed by atoms with Crippen LogP contribution in [-0.2, 0) is 85.6 Å². The Kier molecular flexibility index (Phi) is 49.4. The minimum atomic E-state index is -3.49. The second-order valence-electron chi connectivity index (χ2n) is 34.2. The van der Waals surface area contributed by atoms with Gasteiger partial charge in [-0.3, -0.25) is 19.2 Å². The van der Waals surface area contributed by atoms with E-state index < -0.39 is 302 Å². The van der Waals surface area contributed by atoms with Gasteiger partial charge in [0.05, 0.1) is 82.7 Å². The molecule has 0 bridgehead atoms. The predicted octanol–water partition coefficient (Wildman–Crippen LogP) is -3.87. The standard InChI is InChI=1S/C84H148N4O39/c1-6-8-10-12-14-16-18-20-21-23-25-27-29-31-33-35-58(103)88-48(49(98)34-32-30-28-26-24-22-19-17-15-13-11-9-7-2)44-116-78-67(109)65(107)70(55(41-92)118-78)121-80-69(111)76(127-84(82(114)115)37-51(100)60(86-46(4)96)75(126-84)63(105)53(102)39-90)72(57(43-94)120-80)122-77-61(87-47(5)97)73(64(106)54(40-91)117-77)123-79-68(110)66(108)71(56(42-93)119-79)124-83(81(112)113)36-50(99)59(85-45(3)95)74(125-83)62(104)52(101)38-89/h32,34,48-57,59-80,89-94,98-102,104-111H,6-31,33,35-44H2,1-5H3,(H,85,95)(H,86,96)(H,87,97)(H,88,103)(H,112,113)(H,114,115)/b34-32+/t48-,49+,50+,51+,52+,53+,54-,55?,56-,57?,59+,60+,61?,62-,63-,64-,65?,66?,67?,68?,69?,70+,71-,72-,73?,74?,75?,76+,77+,78+,79-,80-,83+,84-/m0/s1. The molecule has 6 saturated heterocycles. The van der Waals surface area contributed by atoms with Crippen molar-refractivity contribution in [2.24, 2.45) is 0 Å². The van der Waals surface area contributed by atoms with Crippen LogP contribution in [-0.4, -0.2) is 396 Å². The summed E-state index contributed by atoms with van der Waals surface area (Å²) >= 11 is 0. The number of carbonyl (C=O) groups excluding carboxylic acids is 4. The molecule has 4 amide bonds. The van der Waals surface area contributed by atoms with E-state index in [0.29, 0.717) is 12.8 Å². The molecule has 6 heterocycles. The van der Waals surface area contributed by atoms with Crippen molar-refractivity contribution >= 4 is 35.6 Å². The summed E-state index contributed by atoms with van der Waals surface area (Å²) in [5, 5.41) is 247. The number of nitrogens with one attached hydrogen (secondary N) is 4. The molecule has 25 N–H and O–H groups in total. The van der Waals surface area contributed by atoms with E-state index in [1.54, 1.807) is 6.08 Å². The summed E-state index contributed by atoms with van der Waals surface area (Å²) in [5.74, 6) is -14.3. The third-order valence-corrected chi connectivity index (χ3v) is 24.1. The molecule has 0 aromatic heterocycles. The van der Waals surface area contributed by atoms with Crippen molar-refractivity contribution < 1.29 is 193 Å². The Hall–Kier alpha value is -4.68. The fourth-order valence-corrected chi connectivity index (χ4v) is 16.9. The molecular weight excluding hydrogens is 1690 g/mol. The maximum atomic E-state index is 14.0. The molecule has 6 rings (SSSR count). The number of aliphatic hydroxyl groups excluding tert-OH is 19. The first-order valence-corrected chi connectivity index (χ1v) is 45.2. The lowest BCUT2D eigenvalue weighted by molar-refractivity contribution is -0.404. The van der Waals surface area contributed by atoms with E-state index in [-0.39, 0.29) is 6.42 Å². The maximum Gasteiger partial charge on any atom is 0.364 e. The molecule has 6 aliphatic rings. The molecule has 0 saturated carbocycles. The highest BCUT2D eigenvalue weighted by molar-refractivity contribution is 5.78. The molecule has 0 spiro atoms. The highest BCUT2D eigenvalue weighted by atomic mass is 16.8. The number of ether oxygens (including phenoxy) is 12. The van der Waals surface area contributed by atoms with Gasteiger partial charge in [-0.25, -0.2) is 9.59 Å². The van der Waals surface area contributed by atoms with Crippen molar-refractivity contribution in [3.8, 4) is 0 Å². The number of hydrogen-bond acceptors (Lipinski definition) is 37. The lowest BCUT2D eigenvalue weighted by Crippen LogP contribution is -2.72. The van der Waals surface area contributed by atoms with Gasteiger partial charge in [-0.2, -0.15) is 0 Å². The van der Waals surface area contributed by atoms with Gasteiger partial charge in [0.25, 0.3) is 11.6 Å². The van der Waals surface area contributed by atoms with E-state index in [4.69, 9.17) is 56.8 Å². The Labute approximate surface area is 740 Å². The molecule has 43 nitrogen and oxygen atoms in total. The second-order valence-corrected chi connectivity index (χ2v) is 34.2. The first-order chi connectivity index (χ1) is 60.6. The summed E-state index contributed by atoms with van der Waals surface area (Å²) in [5.41, 5.74) is 0. The second kappa shape index (κ2) is 56.5. The van der Waals surface area contributed by atoms with Crippen molar-refractivity contribution in [2.45, 2.75) is 435 Å². The number of amides is 4. The van der Waals surface area contributed by atoms with Crippen molar-refractivity contribution in [3.05, 3.63) is 12.2 Å². The van der Waals surface area contributed by atoms with Crippen LogP contribution in [0.15, 0.2) is 12.2 Å². The number of hydrogen-bond donors (Lipinski definition) is 25. The van der Waals surface area contributed by atoms with Crippen LogP contribution in [0.4, 0.5) is 0 Å². The van der Waals surface area contributed by atoms with Crippen LogP contribution in [0.3, 0.4) is 0 Å². The first-order valence-electron chi connectivity index (χ1n) is 45.2. The number of aliphatic hydroxyl groups is 19. The summed E-state index contributed by atoms with van der Waals surface area (Å²) in [6.07, 6.45) is -31.6. The third kappa shape index (κ3) is 32.6. The monoisotopic (exact) mass is 1840 g/mol. The van der Waals surface area contributed by atoms with Gasteiger partial charge in [0, 0.05) is 40.0 Å². The van der Waals surface area contributed by atoms with E-state index in [1.165, 1.54) is 102 Å². The summed E-state index contributed by atoms with van der Waals surface area (Å²) in [6.45, 7) is -0.793. The molecule has 34 atom stereocenters. The zero-order valence-electron chi connectivity index (χ0n) is 73.5. The number of rotatable bonds is 59. The molecule has 6 aliphatic heterocycles. The van der Waals surface area contributed by atoms with E-state index in [2.05, 4.69) is 35.1 Å². The Morgan fingerprint density at radius 1 is 0.409 bits per heavy atom. The fraction of sp³-hybridized carbons (Fsp3) is 0.905. The van der Waals surface area contributed by atoms with E-state index in [1.807, 2.05) is 0 Å². The molecule has 738 valence electrons. The van der Waals surface area contributed by atoms with Gasteiger partial charge in [0.1, 0.15) is 134 Å². The van der Waals surface area contributed by atoms with Gasteiger partial charge in [-0.1, -0.05) is 180 Å². The van der Waals surface area contributed by atoms with Crippen LogP contribution < -0.4 is 21.3 Å². The van der Waals surface area contributed by atoms with E-state index in [9.17, 15) is 136 Å². The van der Waals surface area contributed by atoms with Crippen molar-refractivity contribution in [1.29, 1.82) is 0 Å². The minimum Gasteiger partial charge on any atom is -0.477 e. The molecule has 6 fully saturated rings. The summed E-state index contributed by atoms with van der Waals surface area (Å²) in [4.78, 5) is 79.3. The molecule has 11 unspecified atom stereocenters. The van der Waals surface area contributed by atoms with Gasteiger partial charge in [-0.15, -0.1) is 0 Å². The molecular formula is C84H148N4O39. The van der Waals surface area contributed by atoms with Gasteiger partial charge in [0.15, 0.2) is 25.2 Å². The minimum absolute atomic E-state index is 0.0978. The maximum absolute atomic E-state index is 14.0. The quantitative estimate of drug-likeness (QED) is 0.0205. The number of allylic oxidation sites excluding steroid dienone is 1. The van der Waals surface area contributed by atoms with Gasteiger partial charge in [0.2, 0.25) is 23.6 Å². The SMILES string of the molecule is CCCCCCCCCCCCC/C=C/[C@@H](O)[C@H](CO[C@@H]1OC(CO)[C@@H](O[C@@H]2OC(CO)[C@H](O[C@H]3O[C@@H](CO)[C@H](O)C(O[C@@H]4O[C@@H](CO)[C@H](O[C@]5(C(=O)O)C[C@@H](O)[C@@H](NC(C)=O)C([C@@H](O)[C@H](O)CO)O5)C(O)C4O)C3NC(C)=O)[C@H](O[C@]3(C(=O)O)C[C@@H](O)[C@@H](NC(C)=O)C([C@@H](O)[C@H](O)CO)O3)C2O)C(O)C1O)NC(=O)CCCCCCCCCCCCCCCCC. The van der Waals surface area contributed by atoms with Crippen LogP contribution in [0.25, 0.3) is 0 Å². The molecule has 0 aliphatic carbocycles. The van der Waals surface area contributed by atoms with Crippen molar-refractivity contribution in [3.63, 3.8) is 0 Å². The Morgan fingerprint density at radius 2 is 0.772 bits per heavy atom. The van der Waals surface area contributed by atoms with Crippen LogP contribution >= 0.6 is 0 Å². The molecule has 127 heavy (non-hydrogen) atoms. The van der Waals surface area contributed by atoms with Gasteiger partial charge < -0.3 is 185 Å². The lowest BCUT2D eigenvalue weighted by atomic mass is 9.88.